The number of carbonyl (C=O) groups is 3. The van der Waals surface area contributed by atoms with E-state index >= 15 is 0 Å². The predicted molar refractivity (Wildman–Crippen MR) is 146 cm³/mol. The van der Waals surface area contributed by atoms with Gasteiger partial charge in [0.25, 0.3) is 5.91 Å². The number of aromatic nitrogens is 4. The summed E-state index contributed by atoms with van der Waals surface area (Å²) in [6, 6.07) is 8.95. The van der Waals surface area contributed by atoms with Crippen molar-refractivity contribution in [2.75, 3.05) is 19.6 Å². The Morgan fingerprint density at radius 3 is 2.58 bits per heavy atom. The largest absolute Gasteiger partial charge is 0.361 e. The molecule has 1 N–H and O–H groups in total. The molecule has 0 spiro atoms. The zero-order chi connectivity index (χ0) is 28.2. The fourth-order valence-electron chi connectivity index (χ4n) is 5.76. The molecular weight excluding hydrogens is 510 g/mol. The van der Waals surface area contributed by atoms with Crippen LogP contribution >= 0.6 is 0 Å². The summed E-state index contributed by atoms with van der Waals surface area (Å²) in [5, 5.41) is 11.8. The molecule has 11 nitrogen and oxygen atoms in total. The minimum Gasteiger partial charge on any atom is -0.361 e. The van der Waals surface area contributed by atoms with Crippen LogP contribution in [0, 0.1) is 20.8 Å². The second-order valence-electron chi connectivity index (χ2n) is 10.7. The predicted octanol–water partition coefficient (Wildman–Crippen LogP) is 2.91. The van der Waals surface area contributed by atoms with E-state index in [1.807, 2.05) is 37.3 Å². The first-order valence-electron chi connectivity index (χ1n) is 14.1. The molecule has 1 aromatic carbocycles. The Balaban J connectivity index is 1.51. The summed E-state index contributed by atoms with van der Waals surface area (Å²) in [4.78, 5) is 48.9. The molecule has 2 aliphatic rings. The van der Waals surface area contributed by atoms with Crippen LogP contribution < -0.4 is 5.32 Å². The Kier molecular flexibility index (Phi) is 8.27. The number of benzene rings is 1. The Morgan fingerprint density at radius 2 is 1.82 bits per heavy atom. The van der Waals surface area contributed by atoms with Crippen LogP contribution in [0.25, 0.3) is 0 Å². The Labute approximate surface area is 233 Å². The maximum Gasteiger partial charge on any atom is 0.259 e. The lowest BCUT2D eigenvalue weighted by Crippen LogP contribution is -2.53. The number of nitrogens with one attached hydrogen (secondary N) is 1. The van der Waals surface area contributed by atoms with Crippen molar-refractivity contribution in [2.45, 2.75) is 77.9 Å². The first kappa shape index (κ1) is 27.5. The Hall–Kier alpha value is -4.02. The standard InChI is InChI=1S/C29H37N7O4/c1-19-26(20(2)40-33-19)29(39)34-14-9-13-25(37)35-15-8-7-12-24(35)28(38)31-23(18-22-10-5-4-6-11-22)27-30-21(3)32-36(27)17-16-34/h4-6,10-11,23-24H,7-9,12-18H2,1-3H3,(H,31,38)/t23-,24+/m1/s1. The van der Waals surface area contributed by atoms with Crippen molar-refractivity contribution in [3.63, 3.8) is 0 Å². The lowest BCUT2D eigenvalue weighted by Gasteiger charge is -2.36. The fraction of sp³-hybridized carbons (Fsp3) is 0.517. The van der Waals surface area contributed by atoms with Crippen molar-refractivity contribution in [3.05, 3.63) is 64.6 Å². The molecule has 3 amide bonds. The lowest BCUT2D eigenvalue weighted by atomic mass is 9.99. The van der Waals surface area contributed by atoms with Crippen LogP contribution in [0.3, 0.4) is 0 Å². The van der Waals surface area contributed by atoms with E-state index in [0.717, 1.165) is 18.4 Å². The number of fused-ring (bicyclic) bond motifs is 2. The van der Waals surface area contributed by atoms with Crippen LogP contribution in [0.2, 0.25) is 0 Å². The number of rotatable bonds is 3. The first-order chi connectivity index (χ1) is 19.3. The van der Waals surface area contributed by atoms with Crippen LogP contribution in [-0.4, -0.2) is 73.1 Å². The zero-order valence-electron chi connectivity index (χ0n) is 23.4. The number of hydrogen-bond acceptors (Lipinski definition) is 7. The highest BCUT2D eigenvalue weighted by Crippen LogP contribution is 2.24. The third-order valence-electron chi connectivity index (χ3n) is 7.78. The number of hydrogen-bond donors (Lipinski definition) is 1. The SMILES string of the molecule is Cc1nc2n(n1)CCN(C(=O)c1c(C)noc1C)CCCC(=O)N1CCCC[C@H]1C(=O)N[C@@H]2Cc1ccccc1. The van der Waals surface area contributed by atoms with E-state index in [1.165, 1.54) is 0 Å². The van der Waals surface area contributed by atoms with Crippen LogP contribution in [-0.2, 0) is 22.6 Å². The minimum absolute atomic E-state index is 0.0553. The molecule has 4 heterocycles. The number of amides is 3. The van der Waals surface area contributed by atoms with E-state index in [2.05, 4.69) is 15.6 Å². The van der Waals surface area contributed by atoms with Gasteiger partial charge in [-0.3, -0.25) is 14.4 Å². The summed E-state index contributed by atoms with van der Waals surface area (Å²) in [6.45, 7) is 6.98. The second-order valence-corrected chi connectivity index (χ2v) is 10.7. The van der Waals surface area contributed by atoms with Crippen molar-refractivity contribution in [3.8, 4) is 0 Å². The van der Waals surface area contributed by atoms with Crippen LogP contribution in [0.5, 0.6) is 0 Å². The molecule has 3 aromatic rings. The van der Waals surface area contributed by atoms with Gasteiger partial charge in [0.2, 0.25) is 11.8 Å². The highest BCUT2D eigenvalue weighted by Gasteiger charge is 2.35. The average molecular weight is 548 g/mol. The third-order valence-corrected chi connectivity index (χ3v) is 7.78. The van der Waals surface area contributed by atoms with Gasteiger partial charge in [0.15, 0.2) is 0 Å². The number of aryl methyl sites for hydroxylation is 3. The molecule has 0 unspecified atom stereocenters. The lowest BCUT2D eigenvalue weighted by molar-refractivity contribution is -0.142. The van der Waals surface area contributed by atoms with Gasteiger partial charge in [0.1, 0.15) is 29.0 Å². The van der Waals surface area contributed by atoms with Gasteiger partial charge in [0, 0.05) is 26.1 Å². The summed E-state index contributed by atoms with van der Waals surface area (Å²) in [6.07, 6.45) is 3.65. The van der Waals surface area contributed by atoms with E-state index < -0.39 is 12.1 Å². The van der Waals surface area contributed by atoms with Crippen molar-refractivity contribution >= 4 is 17.7 Å². The highest BCUT2D eigenvalue weighted by molar-refractivity contribution is 5.96. The number of nitrogens with zero attached hydrogens (tertiary/aromatic N) is 6. The second kappa shape index (κ2) is 12.0. The van der Waals surface area contributed by atoms with E-state index in [4.69, 9.17) is 9.51 Å². The molecule has 1 fully saturated rings. The molecule has 11 heteroatoms. The van der Waals surface area contributed by atoms with Crippen molar-refractivity contribution in [1.82, 2.24) is 35.0 Å². The Morgan fingerprint density at radius 1 is 1.02 bits per heavy atom. The van der Waals surface area contributed by atoms with E-state index in [9.17, 15) is 14.4 Å². The quantitative estimate of drug-likeness (QED) is 0.534. The van der Waals surface area contributed by atoms with Crippen molar-refractivity contribution < 1.29 is 18.9 Å². The molecule has 0 saturated carbocycles. The monoisotopic (exact) mass is 547 g/mol. The summed E-state index contributed by atoms with van der Waals surface area (Å²) in [5.41, 5.74) is 2.04. The summed E-state index contributed by atoms with van der Waals surface area (Å²) >= 11 is 0. The van der Waals surface area contributed by atoms with Gasteiger partial charge in [0.05, 0.1) is 18.3 Å². The Bertz CT molecular complexity index is 1350. The molecule has 5 rings (SSSR count). The fourth-order valence-corrected chi connectivity index (χ4v) is 5.76. The van der Waals surface area contributed by atoms with E-state index in [0.29, 0.717) is 74.1 Å². The van der Waals surface area contributed by atoms with Crippen molar-refractivity contribution in [1.29, 1.82) is 0 Å². The van der Waals surface area contributed by atoms with Gasteiger partial charge in [-0.05, 0) is 58.4 Å². The molecule has 2 aliphatic heterocycles. The summed E-state index contributed by atoms with van der Waals surface area (Å²) < 4.78 is 7.06. The third kappa shape index (κ3) is 5.93. The first-order valence-corrected chi connectivity index (χ1v) is 14.1. The van der Waals surface area contributed by atoms with Gasteiger partial charge in [-0.25, -0.2) is 9.67 Å². The highest BCUT2D eigenvalue weighted by atomic mass is 16.5. The zero-order valence-corrected chi connectivity index (χ0v) is 23.4. The molecule has 1 saturated heterocycles. The molecular formula is C29H37N7O4. The normalized spacial score (nSPS) is 20.9. The molecule has 0 aliphatic carbocycles. The van der Waals surface area contributed by atoms with Gasteiger partial charge < -0.3 is 19.6 Å². The van der Waals surface area contributed by atoms with E-state index in [-0.39, 0.29) is 24.1 Å². The summed E-state index contributed by atoms with van der Waals surface area (Å²) in [7, 11) is 0. The van der Waals surface area contributed by atoms with E-state index in [1.54, 1.807) is 28.3 Å². The number of carbonyl (C=O) groups excluding carboxylic acids is 3. The smallest absolute Gasteiger partial charge is 0.259 e. The minimum atomic E-state index is -0.528. The van der Waals surface area contributed by atoms with Crippen LogP contribution in [0.15, 0.2) is 34.9 Å². The van der Waals surface area contributed by atoms with Gasteiger partial charge >= 0.3 is 0 Å². The molecule has 0 bridgehead atoms. The van der Waals surface area contributed by atoms with Crippen molar-refractivity contribution in [2.24, 2.45) is 0 Å². The topological polar surface area (TPSA) is 126 Å². The average Bonchev–Trinajstić information content (AvgIpc) is 3.50. The summed E-state index contributed by atoms with van der Waals surface area (Å²) in [5.74, 6) is 1.29. The molecule has 2 aromatic heterocycles. The maximum absolute atomic E-state index is 13.7. The van der Waals surface area contributed by atoms with Gasteiger partial charge in [-0.1, -0.05) is 35.5 Å². The molecule has 2 atom stereocenters. The van der Waals surface area contributed by atoms with Gasteiger partial charge in [-0.15, -0.1) is 0 Å². The van der Waals surface area contributed by atoms with Crippen LogP contribution in [0.1, 0.15) is 77.2 Å². The van der Waals surface area contributed by atoms with Crippen LogP contribution in [0.4, 0.5) is 0 Å². The molecule has 212 valence electrons. The number of piperidine rings is 1. The molecule has 40 heavy (non-hydrogen) atoms. The molecule has 0 radical (unpaired) electrons. The van der Waals surface area contributed by atoms with Gasteiger partial charge in [-0.2, -0.15) is 5.10 Å². The maximum atomic E-state index is 13.7.